The summed E-state index contributed by atoms with van der Waals surface area (Å²) < 4.78 is 20.1. The van der Waals surface area contributed by atoms with Crippen molar-refractivity contribution in [2.75, 3.05) is 39.7 Å². The zero-order chi connectivity index (χ0) is 38.2. The van der Waals surface area contributed by atoms with Crippen LogP contribution in [0.5, 0.6) is 0 Å². The topological polar surface area (TPSA) is 202 Å². The Kier molecular flexibility index (Phi) is 14.8. The Bertz CT molecular complexity index is 1920. The molecule has 4 rings (SSSR count). The third-order valence-corrected chi connectivity index (χ3v) is 8.11. The van der Waals surface area contributed by atoms with Crippen LogP contribution < -0.4 is 16.8 Å². The number of aryl methyl sites for hydroxylation is 1. The molecule has 2 atom stereocenters. The van der Waals surface area contributed by atoms with E-state index < -0.39 is 36.1 Å². The molecule has 1 saturated heterocycles. The molecule has 14 nitrogen and oxygen atoms in total. The number of carbonyl (C=O) groups is 5. The maximum atomic E-state index is 13.1. The quantitative estimate of drug-likeness (QED) is 0.139. The second kappa shape index (κ2) is 19.9. The minimum atomic E-state index is -0.842. The monoisotopic (exact) mass is 723 g/mol. The Morgan fingerprint density at radius 2 is 1.49 bits per heavy atom. The summed E-state index contributed by atoms with van der Waals surface area (Å²) in [4.78, 5) is 67.7. The van der Waals surface area contributed by atoms with E-state index in [9.17, 15) is 24.0 Å². The molecule has 0 spiro atoms. The van der Waals surface area contributed by atoms with Crippen LogP contribution in [0.15, 0.2) is 60.8 Å². The summed E-state index contributed by atoms with van der Waals surface area (Å²) in [6, 6.07) is 14.6. The van der Waals surface area contributed by atoms with Crippen molar-refractivity contribution < 1.29 is 42.9 Å². The normalized spacial score (nSPS) is 14.4. The molecule has 276 valence electrons. The van der Waals surface area contributed by atoms with Crippen LogP contribution in [-0.4, -0.2) is 85.9 Å². The molecule has 0 bridgehead atoms. The number of esters is 3. The van der Waals surface area contributed by atoms with Gasteiger partial charge in [0.15, 0.2) is 13.2 Å². The van der Waals surface area contributed by atoms with Crippen LogP contribution >= 0.6 is 0 Å². The van der Waals surface area contributed by atoms with E-state index in [1.807, 2.05) is 24.3 Å². The minimum absolute atomic E-state index is 0.0158. The number of nitrogens with two attached hydrogens (primary N) is 2. The van der Waals surface area contributed by atoms with Gasteiger partial charge < -0.3 is 40.6 Å². The van der Waals surface area contributed by atoms with Gasteiger partial charge >= 0.3 is 24.0 Å². The van der Waals surface area contributed by atoms with Crippen LogP contribution in [0.3, 0.4) is 0 Å². The van der Waals surface area contributed by atoms with Crippen LogP contribution in [0.1, 0.15) is 46.2 Å². The molecule has 2 aromatic carbocycles. The number of benzene rings is 2. The number of rotatable bonds is 12. The molecule has 1 aromatic heterocycles. The predicted octanol–water partition coefficient (Wildman–Crippen LogP) is 1.83. The molecule has 14 heteroatoms. The molecular formula is C39H41N5O9. The molecule has 5 N–H and O–H groups in total. The number of hydrogen-bond acceptors (Lipinski definition) is 12. The average Bonchev–Trinajstić information content (AvgIpc) is 3.57. The number of hydrogen-bond donors (Lipinski definition) is 3. The standard InChI is InChI=1S/C39H41N5O9/c1-50-36(46)22-31-18-28(5-3-15-52-37(47)21-30-13-14-42-34(41)20-30)17-29(19-31)6-4-16-53-39(49)43-32-23-33(38(48)51-2)44(25-32)35(45)12-11-26-7-9-27(24-40)10-8-26/h7-10,13-14,17-20,32-33H,11-12,15-16,21-25,40H2,1-2H3,(H2,41,42)(H,43,49). The number of amides is 2. The summed E-state index contributed by atoms with van der Waals surface area (Å²) in [5.74, 6) is 9.90. The fourth-order valence-electron chi connectivity index (χ4n) is 5.51. The Morgan fingerprint density at radius 1 is 0.830 bits per heavy atom. The van der Waals surface area contributed by atoms with Gasteiger partial charge in [-0.05, 0) is 59.0 Å². The second-order valence-corrected chi connectivity index (χ2v) is 12.0. The molecule has 3 aromatic rings. The maximum absolute atomic E-state index is 13.1. The lowest BCUT2D eigenvalue weighted by Gasteiger charge is -2.22. The van der Waals surface area contributed by atoms with Crippen LogP contribution in [0.25, 0.3) is 0 Å². The van der Waals surface area contributed by atoms with Gasteiger partial charge in [0.25, 0.3) is 0 Å². The SMILES string of the molecule is COC(=O)Cc1cc(C#CCOC(=O)Cc2ccnc(N)c2)cc(C#CCOC(=O)NC2CC(C(=O)OC)N(C(=O)CCc3ccc(CN)cc3)C2)c1. The van der Waals surface area contributed by atoms with E-state index >= 15 is 0 Å². The van der Waals surface area contributed by atoms with Crippen molar-refractivity contribution in [1.82, 2.24) is 15.2 Å². The van der Waals surface area contributed by atoms with Gasteiger partial charge in [-0.25, -0.2) is 14.6 Å². The largest absolute Gasteiger partial charge is 0.469 e. The van der Waals surface area contributed by atoms with E-state index in [0.717, 1.165) is 11.1 Å². The van der Waals surface area contributed by atoms with Crippen molar-refractivity contribution in [2.45, 2.75) is 50.7 Å². The summed E-state index contributed by atoms with van der Waals surface area (Å²) in [5, 5.41) is 2.70. The summed E-state index contributed by atoms with van der Waals surface area (Å²) in [6.07, 6.45) is 1.54. The Morgan fingerprint density at radius 3 is 2.13 bits per heavy atom. The molecule has 2 unspecified atom stereocenters. The van der Waals surface area contributed by atoms with E-state index in [0.29, 0.717) is 41.0 Å². The number of nitrogens with zero attached hydrogens (tertiary/aromatic N) is 2. The molecule has 1 aliphatic rings. The zero-order valence-corrected chi connectivity index (χ0v) is 29.5. The number of pyridine rings is 1. The van der Waals surface area contributed by atoms with E-state index in [1.165, 1.54) is 25.3 Å². The smallest absolute Gasteiger partial charge is 0.408 e. The number of ether oxygens (including phenoxy) is 4. The van der Waals surface area contributed by atoms with E-state index in [1.54, 1.807) is 30.3 Å². The molecule has 1 aliphatic heterocycles. The van der Waals surface area contributed by atoms with Gasteiger partial charge in [-0.1, -0.05) is 47.9 Å². The van der Waals surface area contributed by atoms with Gasteiger partial charge in [0.05, 0.1) is 33.1 Å². The average molecular weight is 724 g/mol. The van der Waals surface area contributed by atoms with Gasteiger partial charge in [-0.3, -0.25) is 14.4 Å². The van der Waals surface area contributed by atoms with E-state index in [2.05, 4.69) is 34.0 Å². The Labute approximate surface area is 307 Å². The highest BCUT2D eigenvalue weighted by Gasteiger charge is 2.40. The van der Waals surface area contributed by atoms with Crippen LogP contribution in [-0.2, 0) is 63.9 Å². The molecule has 2 amide bonds. The van der Waals surface area contributed by atoms with Crippen molar-refractivity contribution in [3.05, 3.63) is 94.2 Å². The molecule has 1 fully saturated rings. The van der Waals surface area contributed by atoms with Crippen molar-refractivity contribution in [2.24, 2.45) is 5.73 Å². The number of nitrogens with one attached hydrogen (secondary N) is 1. The summed E-state index contributed by atoms with van der Waals surface area (Å²) in [6.45, 7) is 0.102. The number of likely N-dealkylation sites (tertiary alicyclic amines) is 1. The van der Waals surface area contributed by atoms with Gasteiger partial charge in [0.1, 0.15) is 11.9 Å². The second-order valence-electron chi connectivity index (χ2n) is 12.0. The molecule has 0 radical (unpaired) electrons. The lowest BCUT2D eigenvalue weighted by molar-refractivity contribution is -0.150. The Balaban J connectivity index is 1.31. The zero-order valence-electron chi connectivity index (χ0n) is 29.5. The van der Waals surface area contributed by atoms with Crippen molar-refractivity contribution in [1.29, 1.82) is 0 Å². The van der Waals surface area contributed by atoms with Crippen LogP contribution in [0, 0.1) is 23.7 Å². The first-order chi connectivity index (χ1) is 25.6. The highest BCUT2D eigenvalue weighted by Crippen LogP contribution is 2.21. The fourth-order valence-corrected chi connectivity index (χ4v) is 5.51. The van der Waals surface area contributed by atoms with Gasteiger partial charge in [0.2, 0.25) is 5.91 Å². The summed E-state index contributed by atoms with van der Waals surface area (Å²) >= 11 is 0. The number of carbonyl (C=O) groups excluding carboxylic acids is 5. The summed E-state index contributed by atoms with van der Waals surface area (Å²) in [7, 11) is 2.53. The van der Waals surface area contributed by atoms with Gasteiger partial charge in [0, 0.05) is 43.3 Å². The lowest BCUT2D eigenvalue weighted by atomic mass is 10.0. The maximum Gasteiger partial charge on any atom is 0.408 e. The number of methoxy groups -OCH3 is 2. The van der Waals surface area contributed by atoms with Crippen molar-refractivity contribution in [3.63, 3.8) is 0 Å². The summed E-state index contributed by atoms with van der Waals surface area (Å²) in [5.41, 5.74) is 15.5. The van der Waals surface area contributed by atoms with Crippen molar-refractivity contribution in [3.8, 4) is 23.7 Å². The number of aromatic nitrogens is 1. The molecular weight excluding hydrogens is 682 g/mol. The fraction of sp³-hybridized carbons (Fsp3) is 0.333. The third-order valence-electron chi connectivity index (χ3n) is 8.11. The molecule has 0 aliphatic carbocycles. The first-order valence-corrected chi connectivity index (χ1v) is 16.7. The van der Waals surface area contributed by atoms with Crippen LogP contribution in [0.2, 0.25) is 0 Å². The highest BCUT2D eigenvalue weighted by molar-refractivity contribution is 5.86. The lowest BCUT2D eigenvalue weighted by Crippen LogP contribution is -2.42. The number of alkyl carbamates (subject to hydrolysis) is 1. The predicted molar refractivity (Wildman–Crippen MR) is 192 cm³/mol. The molecule has 2 heterocycles. The number of anilines is 1. The number of nitrogen functional groups attached to an aromatic ring is 1. The minimum Gasteiger partial charge on any atom is -0.469 e. The third kappa shape index (κ3) is 12.7. The molecule has 0 saturated carbocycles. The van der Waals surface area contributed by atoms with Crippen LogP contribution in [0.4, 0.5) is 10.6 Å². The van der Waals surface area contributed by atoms with Gasteiger partial charge in [-0.15, -0.1) is 0 Å². The van der Waals surface area contributed by atoms with Crippen molar-refractivity contribution >= 4 is 35.7 Å². The van der Waals surface area contributed by atoms with E-state index in [4.69, 9.17) is 30.4 Å². The first kappa shape index (κ1) is 39.4. The molecule has 53 heavy (non-hydrogen) atoms. The van der Waals surface area contributed by atoms with E-state index in [-0.39, 0.29) is 51.3 Å². The Hall–Kier alpha value is -6.38. The van der Waals surface area contributed by atoms with Gasteiger partial charge in [-0.2, -0.15) is 0 Å². The highest BCUT2D eigenvalue weighted by atomic mass is 16.5. The first-order valence-electron chi connectivity index (χ1n) is 16.7.